The summed E-state index contributed by atoms with van der Waals surface area (Å²) >= 11 is 0. The number of carbonyl (C=O) groups is 3. The van der Waals surface area contributed by atoms with Gasteiger partial charge in [0.25, 0.3) is 0 Å². The molecule has 0 saturated heterocycles. The van der Waals surface area contributed by atoms with E-state index in [4.69, 9.17) is 15.3 Å². The third-order valence-electron chi connectivity index (χ3n) is 1.92. The predicted molar refractivity (Wildman–Crippen MR) is 87.7 cm³/mol. The van der Waals surface area contributed by atoms with Crippen molar-refractivity contribution in [1.29, 1.82) is 0 Å². The van der Waals surface area contributed by atoms with Gasteiger partial charge in [-0.25, -0.2) is 0 Å². The number of aliphatic carboxylic acids is 3. The second-order valence-corrected chi connectivity index (χ2v) is 7.67. The molecule has 0 aromatic carbocycles. The summed E-state index contributed by atoms with van der Waals surface area (Å²) in [6.07, 6.45) is 0. The van der Waals surface area contributed by atoms with Gasteiger partial charge in [-0.2, -0.15) is 0 Å². The van der Waals surface area contributed by atoms with Crippen molar-refractivity contribution in [2.75, 3.05) is 0 Å². The van der Waals surface area contributed by atoms with E-state index in [1.807, 2.05) is 0 Å². The van der Waals surface area contributed by atoms with Crippen LogP contribution in [0.3, 0.4) is 0 Å². The van der Waals surface area contributed by atoms with Gasteiger partial charge in [-0.1, -0.05) is 0 Å². The maximum atomic E-state index is 10.0. The molecule has 0 heterocycles. The van der Waals surface area contributed by atoms with Crippen LogP contribution in [0.15, 0.2) is 0 Å². The van der Waals surface area contributed by atoms with Gasteiger partial charge < -0.3 is 22.7 Å². The first-order valence-corrected chi connectivity index (χ1v) is 6.53. The molecule has 0 spiro atoms. The van der Waals surface area contributed by atoms with E-state index in [9.17, 15) is 14.4 Å². The predicted octanol–water partition coefficient (Wildman–Crippen LogP) is 3.80. The van der Waals surface area contributed by atoms with Crippen molar-refractivity contribution in [2.24, 2.45) is 16.2 Å². The maximum Gasteiger partial charge on any atom is 0.308 e. The van der Waals surface area contributed by atoms with E-state index >= 15 is 0 Å². The second-order valence-electron chi connectivity index (χ2n) is 7.67. The van der Waals surface area contributed by atoms with E-state index in [2.05, 4.69) is 0 Å². The van der Waals surface area contributed by atoms with Crippen LogP contribution in [-0.4, -0.2) is 33.2 Å². The van der Waals surface area contributed by atoms with E-state index < -0.39 is 34.2 Å². The molecule has 0 bridgehead atoms. The summed E-state index contributed by atoms with van der Waals surface area (Å²) in [6, 6.07) is 0. The van der Waals surface area contributed by atoms with Gasteiger partial charge in [0.1, 0.15) is 0 Å². The Morgan fingerprint density at radius 3 is 0.565 bits per heavy atom. The molecule has 0 unspecified atom stereocenters. The van der Waals surface area contributed by atoms with Crippen molar-refractivity contribution in [1.82, 2.24) is 0 Å². The summed E-state index contributed by atoms with van der Waals surface area (Å²) in [4.78, 5) is 30.1. The fourth-order valence-electron chi connectivity index (χ4n) is 0. The Morgan fingerprint density at radius 2 is 0.565 bits per heavy atom. The molecule has 0 radical (unpaired) electrons. The minimum atomic E-state index is -0.757. The van der Waals surface area contributed by atoms with Crippen molar-refractivity contribution in [3.8, 4) is 0 Å². The molecule has 138 valence electrons. The second kappa shape index (κ2) is 12.7. The third kappa shape index (κ3) is 26.5. The Bertz CT molecular complexity index is 299. The molecular formula is C16H33O6Zr-. The Morgan fingerprint density at radius 1 is 0.522 bits per heavy atom. The number of carboxylic acid groups (broad SMARTS) is 3. The fourth-order valence-corrected chi connectivity index (χ4v) is 0. The van der Waals surface area contributed by atoms with E-state index in [0.717, 1.165) is 0 Å². The molecule has 0 aliphatic rings. The van der Waals surface area contributed by atoms with Gasteiger partial charge in [-0.05, 0) is 62.3 Å². The first-order valence-electron chi connectivity index (χ1n) is 6.53. The normalized spacial score (nSPS) is 10.3. The molecule has 0 fully saturated rings. The van der Waals surface area contributed by atoms with Crippen LogP contribution in [0.4, 0.5) is 0 Å². The van der Waals surface area contributed by atoms with Crippen molar-refractivity contribution in [3.05, 3.63) is 7.43 Å². The van der Waals surface area contributed by atoms with Crippen LogP contribution in [-0.2, 0) is 40.6 Å². The van der Waals surface area contributed by atoms with Crippen LogP contribution in [0.5, 0.6) is 0 Å². The van der Waals surface area contributed by atoms with Crippen LogP contribution in [0.1, 0.15) is 62.3 Å². The topological polar surface area (TPSA) is 112 Å². The summed E-state index contributed by atoms with van der Waals surface area (Å²) in [5.41, 5.74) is -1.75. The molecule has 0 aromatic heterocycles. The molecule has 0 rings (SSSR count). The zero-order valence-corrected chi connectivity index (χ0v) is 18.5. The summed E-state index contributed by atoms with van der Waals surface area (Å²) in [5.74, 6) is -2.27. The number of hydrogen-bond acceptors (Lipinski definition) is 3. The van der Waals surface area contributed by atoms with E-state index in [1.54, 1.807) is 62.3 Å². The van der Waals surface area contributed by atoms with Gasteiger partial charge in [-0.3, -0.25) is 14.4 Å². The van der Waals surface area contributed by atoms with Crippen LogP contribution in [0.2, 0.25) is 0 Å². The Labute approximate surface area is 159 Å². The van der Waals surface area contributed by atoms with E-state index in [0.29, 0.717) is 0 Å². The molecule has 3 N–H and O–H groups in total. The minimum Gasteiger partial charge on any atom is -0.481 e. The van der Waals surface area contributed by atoms with Gasteiger partial charge in [0.2, 0.25) is 0 Å². The molecule has 0 amide bonds. The Hall–Kier alpha value is -0.707. The van der Waals surface area contributed by atoms with Gasteiger partial charge >= 0.3 is 17.9 Å². The molecule has 7 heteroatoms. The molecule has 6 nitrogen and oxygen atoms in total. The number of rotatable bonds is 0. The zero-order chi connectivity index (χ0) is 18.2. The maximum absolute atomic E-state index is 10.0. The number of carboxylic acids is 3. The quantitative estimate of drug-likeness (QED) is 0.522. The SMILES string of the molecule is CC(C)(C)C(=O)O.CC(C)(C)C(=O)O.CC(C)(C)C(=O)O.[CH3-].[Zr]. The van der Waals surface area contributed by atoms with Gasteiger partial charge in [0, 0.05) is 26.2 Å². The Kier molecular flexibility index (Phi) is 18.6. The van der Waals surface area contributed by atoms with E-state index in [-0.39, 0.29) is 33.6 Å². The average molecular weight is 413 g/mol. The standard InChI is InChI=1S/3C5H10O2.CH3.Zr/c3*1-5(2,3)4(6)7;;/h3*1-3H3,(H,6,7);1H3;/q;;;-1;. The zero-order valence-electron chi connectivity index (χ0n) is 16.1. The van der Waals surface area contributed by atoms with E-state index in [1.165, 1.54) is 0 Å². The van der Waals surface area contributed by atoms with Crippen LogP contribution >= 0.6 is 0 Å². The molecule has 23 heavy (non-hydrogen) atoms. The molecule has 0 aromatic rings. The Balaban J connectivity index is -0.0000000675. The first-order chi connectivity index (χ1) is 8.83. The summed E-state index contributed by atoms with van der Waals surface area (Å²) in [6.45, 7) is 15.0. The summed E-state index contributed by atoms with van der Waals surface area (Å²) in [5, 5.41) is 24.8. The molecule has 0 aliphatic carbocycles. The van der Waals surface area contributed by atoms with Gasteiger partial charge in [0.05, 0.1) is 16.2 Å². The van der Waals surface area contributed by atoms with Crippen LogP contribution in [0, 0.1) is 23.7 Å². The van der Waals surface area contributed by atoms with Crippen molar-refractivity contribution in [2.45, 2.75) is 62.3 Å². The smallest absolute Gasteiger partial charge is 0.308 e. The van der Waals surface area contributed by atoms with Gasteiger partial charge in [0.15, 0.2) is 0 Å². The molecule has 0 atom stereocenters. The van der Waals surface area contributed by atoms with Crippen molar-refractivity contribution < 1.29 is 55.9 Å². The minimum absolute atomic E-state index is 0. The van der Waals surface area contributed by atoms with Crippen LogP contribution in [0.25, 0.3) is 0 Å². The molecule has 0 saturated carbocycles. The molecule has 0 aliphatic heterocycles. The number of hydrogen-bond donors (Lipinski definition) is 3. The first kappa shape index (κ1) is 33.8. The summed E-state index contributed by atoms with van der Waals surface area (Å²) in [7, 11) is 0. The molecular weight excluding hydrogens is 379 g/mol. The van der Waals surface area contributed by atoms with Crippen molar-refractivity contribution in [3.63, 3.8) is 0 Å². The summed E-state index contributed by atoms with van der Waals surface area (Å²) < 4.78 is 0. The average Bonchev–Trinajstić information content (AvgIpc) is 2.14. The fraction of sp³-hybridized carbons (Fsp3) is 0.750. The van der Waals surface area contributed by atoms with Crippen LogP contribution < -0.4 is 0 Å². The largest absolute Gasteiger partial charge is 0.481 e. The van der Waals surface area contributed by atoms with Crippen molar-refractivity contribution >= 4 is 17.9 Å². The monoisotopic (exact) mass is 411 g/mol. The third-order valence-corrected chi connectivity index (χ3v) is 1.92. The van der Waals surface area contributed by atoms with Gasteiger partial charge in [-0.15, -0.1) is 0 Å².